The van der Waals surface area contributed by atoms with Crippen molar-refractivity contribution in [1.29, 1.82) is 0 Å². The molecule has 0 aromatic rings. The lowest BCUT2D eigenvalue weighted by molar-refractivity contribution is 0.153. The monoisotopic (exact) mass is 268 g/mol. The Bertz CT molecular complexity index is 221. The zero-order valence-electron chi connectivity index (χ0n) is 13.9. The fraction of sp³-hybridized carbons (Fsp3) is 1.00. The summed E-state index contributed by atoms with van der Waals surface area (Å²) in [6.45, 7) is 12.9. The van der Waals surface area contributed by atoms with Crippen molar-refractivity contribution in [3.8, 4) is 0 Å². The lowest BCUT2D eigenvalue weighted by Crippen LogP contribution is -2.41. The van der Waals surface area contributed by atoms with Gasteiger partial charge in [0.1, 0.15) is 0 Å². The van der Waals surface area contributed by atoms with Gasteiger partial charge in [-0.25, -0.2) is 0 Å². The lowest BCUT2D eigenvalue weighted by atomic mass is 9.88. The molecule has 0 amide bonds. The van der Waals surface area contributed by atoms with Crippen molar-refractivity contribution in [3.63, 3.8) is 0 Å². The molecule has 0 aromatic carbocycles. The van der Waals surface area contributed by atoms with E-state index in [0.29, 0.717) is 6.04 Å². The second kappa shape index (κ2) is 8.97. The van der Waals surface area contributed by atoms with Crippen LogP contribution in [-0.2, 0) is 0 Å². The molecule has 1 rings (SSSR count). The summed E-state index contributed by atoms with van der Waals surface area (Å²) in [6.07, 6.45) is 7.29. The summed E-state index contributed by atoms with van der Waals surface area (Å²) in [5.41, 5.74) is 0. The van der Waals surface area contributed by atoms with Crippen LogP contribution in [0.15, 0.2) is 0 Å². The van der Waals surface area contributed by atoms with Crippen LogP contribution in [0.2, 0.25) is 0 Å². The molecule has 19 heavy (non-hydrogen) atoms. The van der Waals surface area contributed by atoms with E-state index in [2.05, 4.69) is 45.0 Å². The summed E-state index contributed by atoms with van der Waals surface area (Å²) in [4.78, 5) is 2.59. The molecule has 2 heteroatoms. The van der Waals surface area contributed by atoms with E-state index in [1.54, 1.807) is 0 Å². The van der Waals surface area contributed by atoms with Crippen LogP contribution in [-0.4, -0.2) is 37.6 Å². The summed E-state index contributed by atoms with van der Waals surface area (Å²) < 4.78 is 0. The summed E-state index contributed by atoms with van der Waals surface area (Å²) in [5.74, 6) is 2.44. The molecule has 2 unspecified atom stereocenters. The van der Waals surface area contributed by atoms with Crippen LogP contribution in [0.3, 0.4) is 0 Å². The number of hydrogen-bond acceptors (Lipinski definition) is 2. The Balaban J connectivity index is 2.23. The third-order valence-electron chi connectivity index (χ3n) is 4.81. The molecule has 0 bridgehead atoms. The topological polar surface area (TPSA) is 15.3 Å². The minimum absolute atomic E-state index is 0.682. The largest absolute Gasteiger partial charge is 0.316 e. The summed E-state index contributed by atoms with van der Waals surface area (Å²) in [5, 5.41) is 3.60. The van der Waals surface area contributed by atoms with E-state index in [1.165, 1.54) is 38.6 Å². The van der Waals surface area contributed by atoms with E-state index < -0.39 is 0 Å². The van der Waals surface area contributed by atoms with Gasteiger partial charge in [-0.2, -0.15) is 0 Å². The van der Waals surface area contributed by atoms with Crippen molar-refractivity contribution in [2.75, 3.05) is 26.7 Å². The first-order valence-corrected chi connectivity index (χ1v) is 8.41. The van der Waals surface area contributed by atoms with Crippen LogP contribution < -0.4 is 5.32 Å². The maximum atomic E-state index is 3.60. The fourth-order valence-electron chi connectivity index (χ4n) is 3.15. The van der Waals surface area contributed by atoms with Crippen LogP contribution in [0.1, 0.15) is 59.8 Å². The van der Waals surface area contributed by atoms with Crippen LogP contribution in [0.4, 0.5) is 0 Å². The molecule has 1 fully saturated rings. The van der Waals surface area contributed by atoms with Crippen LogP contribution >= 0.6 is 0 Å². The zero-order valence-corrected chi connectivity index (χ0v) is 13.9. The van der Waals surface area contributed by atoms with Gasteiger partial charge in [0.05, 0.1) is 0 Å². The summed E-state index contributed by atoms with van der Waals surface area (Å²) >= 11 is 0. The Morgan fingerprint density at radius 3 is 2.21 bits per heavy atom. The van der Waals surface area contributed by atoms with Crippen LogP contribution in [0, 0.1) is 17.8 Å². The number of nitrogens with one attached hydrogen (secondary N) is 1. The summed E-state index contributed by atoms with van der Waals surface area (Å²) in [7, 11) is 2.32. The molecule has 0 heterocycles. The normalized spacial score (nSPS) is 21.0. The van der Waals surface area contributed by atoms with Gasteiger partial charge in [-0.05, 0) is 57.7 Å². The molecule has 1 aliphatic rings. The first kappa shape index (κ1) is 17.0. The van der Waals surface area contributed by atoms with E-state index >= 15 is 0 Å². The second-order valence-electron chi connectivity index (χ2n) is 7.21. The predicted octanol–water partition coefficient (Wildman–Crippen LogP) is 3.77. The first-order valence-electron chi connectivity index (χ1n) is 8.41. The molecule has 1 saturated carbocycles. The third kappa shape index (κ3) is 6.76. The van der Waals surface area contributed by atoms with Gasteiger partial charge in [0.15, 0.2) is 0 Å². The smallest absolute Gasteiger partial charge is 0.0102 e. The number of rotatable bonds is 8. The van der Waals surface area contributed by atoms with Gasteiger partial charge in [0.25, 0.3) is 0 Å². The molecule has 1 N–H and O–H groups in total. The highest BCUT2D eigenvalue weighted by atomic mass is 15.1. The molecule has 0 aliphatic heterocycles. The van der Waals surface area contributed by atoms with Gasteiger partial charge in [-0.1, -0.05) is 40.0 Å². The number of hydrogen-bond donors (Lipinski definition) is 1. The number of nitrogens with zero attached hydrogens (tertiary/aromatic N) is 1. The Morgan fingerprint density at radius 1 is 1.00 bits per heavy atom. The molecule has 0 radical (unpaired) electrons. The van der Waals surface area contributed by atoms with Gasteiger partial charge in [0, 0.05) is 12.6 Å². The van der Waals surface area contributed by atoms with Gasteiger partial charge < -0.3 is 10.2 Å². The first-order chi connectivity index (χ1) is 9.00. The van der Waals surface area contributed by atoms with Crippen molar-refractivity contribution in [2.45, 2.75) is 65.8 Å². The van der Waals surface area contributed by atoms with E-state index in [4.69, 9.17) is 0 Å². The van der Waals surface area contributed by atoms with Crippen molar-refractivity contribution in [3.05, 3.63) is 0 Å². The quantitative estimate of drug-likeness (QED) is 0.721. The molecule has 114 valence electrons. The second-order valence-corrected chi connectivity index (χ2v) is 7.21. The molecule has 2 nitrogen and oxygen atoms in total. The third-order valence-corrected chi connectivity index (χ3v) is 4.81. The van der Waals surface area contributed by atoms with Crippen molar-refractivity contribution in [2.24, 2.45) is 17.8 Å². The van der Waals surface area contributed by atoms with Gasteiger partial charge in [0.2, 0.25) is 0 Å². The molecule has 0 aromatic heterocycles. The van der Waals surface area contributed by atoms with E-state index in [-0.39, 0.29) is 0 Å². The molecule has 0 saturated heterocycles. The highest BCUT2D eigenvalue weighted by Crippen LogP contribution is 2.25. The molecule has 2 atom stereocenters. The van der Waals surface area contributed by atoms with Crippen molar-refractivity contribution < 1.29 is 0 Å². The highest BCUT2D eigenvalue weighted by molar-refractivity contribution is 4.76. The van der Waals surface area contributed by atoms with Gasteiger partial charge in [-0.15, -0.1) is 0 Å². The van der Waals surface area contributed by atoms with E-state index in [1.807, 2.05) is 0 Å². The van der Waals surface area contributed by atoms with Crippen molar-refractivity contribution in [1.82, 2.24) is 10.2 Å². The maximum absolute atomic E-state index is 3.60. The van der Waals surface area contributed by atoms with Crippen molar-refractivity contribution >= 4 is 0 Å². The van der Waals surface area contributed by atoms with E-state index in [0.717, 1.165) is 30.8 Å². The Morgan fingerprint density at radius 2 is 1.63 bits per heavy atom. The minimum atomic E-state index is 0.682. The van der Waals surface area contributed by atoms with Gasteiger partial charge in [-0.3, -0.25) is 0 Å². The minimum Gasteiger partial charge on any atom is -0.316 e. The Kier molecular flexibility index (Phi) is 8.01. The SMILES string of the molecule is CC(C)CNCC(C)C(C)N(C)CC1CCCCC1. The Hall–Kier alpha value is -0.0800. The average Bonchev–Trinajstić information content (AvgIpc) is 2.38. The zero-order chi connectivity index (χ0) is 14.3. The molecule has 1 aliphatic carbocycles. The van der Waals surface area contributed by atoms with Gasteiger partial charge >= 0.3 is 0 Å². The molecule has 0 spiro atoms. The Labute approximate surface area is 121 Å². The lowest BCUT2D eigenvalue weighted by Gasteiger charge is -2.34. The molecular weight excluding hydrogens is 232 g/mol. The highest BCUT2D eigenvalue weighted by Gasteiger charge is 2.21. The predicted molar refractivity (Wildman–Crippen MR) is 85.5 cm³/mol. The molecular formula is C17H36N2. The maximum Gasteiger partial charge on any atom is 0.0102 e. The van der Waals surface area contributed by atoms with Crippen LogP contribution in [0.5, 0.6) is 0 Å². The van der Waals surface area contributed by atoms with E-state index in [9.17, 15) is 0 Å². The van der Waals surface area contributed by atoms with Crippen LogP contribution in [0.25, 0.3) is 0 Å². The summed E-state index contributed by atoms with van der Waals surface area (Å²) in [6, 6.07) is 0.682. The fourth-order valence-corrected chi connectivity index (χ4v) is 3.15. The average molecular weight is 268 g/mol. The standard InChI is InChI=1S/C17H36N2/c1-14(2)11-18-12-15(3)16(4)19(5)13-17-9-7-6-8-10-17/h14-18H,6-13H2,1-5H3.